The number of rotatable bonds is 7. The van der Waals surface area contributed by atoms with E-state index in [1.807, 2.05) is 24.3 Å². The Morgan fingerprint density at radius 1 is 1.05 bits per heavy atom. The number of nitrogens with zero attached hydrogens (tertiary/aromatic N) is 2. The van der Waals surface area contributed by atoms with Gasteiger partial charge in [0.1, 0.15) is 5.82 Å². The van der Waals surface area contributed by atoms with Crippen LogP contribution in [0.2, 0.25) is 0 Å². The van der Waals surface area contributed by atoms with E-state index in [4.69, 9.17) is 0 Å². The van der Waals surface area contributed by atoms with Crippen molar-refractivity contribution in [3.05, 3.63) is 48.2 Å². The Balaban J connectivity index is 1.86. The summed E-state index contributed by atoms with van der Waals surface area (Å²) in [6.07, 6.45) is 2.91. The number of nitrogens with one attached hydrogen (secondary N) is 2. The van der Waals surface area contributed by atoms with Crippen molar-refractivity contribution < 1.29 is 0 Å². The molecule has 20 heavy (non-hydrogen) atoms. The lowest BCUT2D eigenvalue weighted by Gasteiger charge is -2.09. The van der Waals surface area contributed by atoms with Gasteiger partial charge >= 0.3 is 0 Å². The van der Waals surface area contributed by atoms with Gasteiger partial charge in [0, 0.05) is 19.3 Å². The Morgan fingerprint density at radius 2 is 1.85 bits per heavy atom. The highest BCUT2D eigenvalue weighted by Crippen LogP contribution is 2.08. The molecule has 4 nitrogen and oxygen atoms in total. The van der Waals surface area contributed by atoms with E-state index in [9.17, 15) is 0 Å². The third-order valence-electron chi connectivity index (χ3n) is 2.98. The van der Waals surface area contributed by atoms with Gasteiger partial charge in [-0.05, 0) is 24.0 Å². The van der Waals surface area contributed by atoms with Gasteiger partial charge in [0.25, 0.3) is 0 Å². The van der Waals surface area contributed by atoms with Gasteiger partial charge in [-0.1, -0.05) is 44.2 Å². The molecule has 4 heteroatoms. The molecule has 1 aromatic carbocycles. The van der Waals surface area contributed by atoms with E-state index in [0.29, 0.717) is 11.9 Å². The molecule has 0 fully saturated rings. The van der Waals surface area contributed by atoms with Gasteiger partial charge in [-0.2, -0.15) is 4.98 Å². The highest BCUT2D eigenvalue weighted by atomic mass is 15.1. The highest BCUT2D eigenvalue weighted by molar-refractivity contribution is 5.39. The van der Waals surface area contributed by atoms with Crippen LogP contribution >= 0.6 is 0 Å². The second-order valence-corrected chi connectivity index (χ2v) is 5.21. The molecule has 0 saturated carbocycles. The maximum absolute atomic E-state index is 4.45. The van der Waals surface area contributed by atoms with Crippen LogP contribution in [0, 0.1) is 5.92 Å². The number of benzene rings is 1. The van der Waals surface area contributed by atoms with Crippen molar-refractivity contribution in [2.24, 2.45) is 5.92 Å². The molecule has 0 aliphatic heterocycles. The van der Waals surface area contributed by atoms with E-state index in [-0.39, 0.29) is 0 Å². The number of hydrogen-bond donors (Lipinski definition) is 2. The Kier molecular flexibility index (Phi) is 5.35. The predicted octanol–water partition coefficient (Wildman–Crippen LogP) is 3.55. The molecule has 0 amide bonds. The first kappa shape index (κ1) is 14.3. The molecule has 0 atom stereocenters. The summed E-state index contributed by atoms with van der Waals surface area (Å²) in [7, 11) is 0. The van der Waals surface area contributed by atoms with E-state index in [1.54, 1.807) is 6.20 Å². The van der Waals surface area contributed by atoms with E-state index < -0.39 is 0 Å². The first-order valence-electron chi connectivity index (χ1n) is 7.09. The second kappa shape index (κ2) is 7.48. The summed E-state index contributed by atoms with van der Waals surface area (Å²) in [6.45, 7) is 6.10. The smallest absolute Gasteiger partial charge is 0.224 e. The second-order valence-electron chi connectivity index (χ2n) is 5.21. The lowest BCUT2D eigenvalue weighted by atomic mass is 10.1. The first-order valence-corrected chi connectivity index (χ1v) is 7.09. The SMILES string of the molecule is CC(C)CCNc1ccnc(NCc2ccccc2)n1. The Labute approximate surface area is 120 Å². The largest absolute Gasteiger partial charge is 0.370 e. The summed E-state index contributed by atoms with van der Waals surface area (Å²) in [4.78, 5) is 8.69. The van der Waals surface area contributed by atoms with E-state index in [1.165, 1.54) is 5.56 Å². The fraction of sp³-hybridized carbons (Fsp3) is 0.375. The van der Waals surface area contributed by atoms with Gasteiger partial charge in [0.05, 0.1) is 0 Å². The number of hydrogen-bond acceptors (Lipinski definition) is 4. The van der Waals surface area contributed by atoms with Crippen molar-refractivity contribution in [3.8, 4) is 0 Å². The molecule has 0 aliphatic carbocycles. The van der Waals surface area contributed by atoms with Crippen molar-refractivity contribution >= 4 is 11.8 Å². The van der Waals surface area contributed by atoms with Crippen LogP contribution in [0.25, 0.3) is 0 Å². The van der Waals surface area contributed by atoms with Gasteiger partial charge in [0.15, 0.2) is 0 Å². The lowest BCUT2D eigenvalue weighted by Crippen LogP contribution is -2.08. The standard InChI is InChI=1S/C16H22N4/c1-13(2)8-10-17-15-9-11-18-16(20-15)19-12-14-6-4-3-5-7-14/h3-7,9,11,13H,8,10,12H2,1-2H3,(H2,17,18,19,20). The zero-order valence-corrected chi connectivity index (χ0v) is 12.1. The van der Waals surface area contributed by atoms with Crippen molar-refractivity contribution in [2.75, 3.05) is 17.2 Å². The predicted molar refractivity (Wildman–Crippen MR) is 83.7 cm³/mol. The maximum Gasteiger partial charge on any atom is 0.224 e. The summed E-state index contributed by atoms with van der Waals surface area (Å²) in [6, 6.07) is 12.1. The average molecular weight is 270 g/mol. The molecule has 0 bridgehead atoms. The topological polar surface area (TPSA) is 49.8 Å². The Hall–Kier alpha value is -2.10. The molecular weight excluding hydrogens is 248 g/mol. The maximum atomic E-state index is 4.45. The van der Waals surface area contributed by atoms with Crippen LogP contribution < -0.4 is 10.6 Å². The fourth-order valence-corrected chi connectivity index (χ4v) is 1.81. The van der Waals surface area contributed by atoms with E-state index in [0.717, 1.165) is 25.3 Å². The van der Waals surface area contributed by atoms with Crippen molar-refractivity contribution in [2.45, 2.75) is 26.8 Å². The van der Waals surface area contributed by atoms with Gasteiger partial charge in [0.2, 0.25) is 5.95 Å². The molecular formula is C16H22N4. The third kappa shape index (κ3) is 4.88. The zero-order valence-electron chi connectivity index (χ0n) is 12.1. The van der Waals surface area contributed by atoms with Gasteiger partial charge < -0.3 is 10.6 Å². The highest BCUT2D eigenvalue weighted by Gasteiger charge is 2.00. The monoisotopic (exact) mass is 270 g/mol. The minimum absolute atomic E-state index is 0.656. The van der Waals surface area contributed by atoms with Crippen LogP contribution in [0.15, 0.2) is 42.6 Å². The molecule has 0 unspecified atom stereocenters. The molecule has 2 N–H and O–H groups in total. The summed E-state index contributed by atoms with van der Waals surface area (Å²) in [5.74, 6) is 2.22. The zero-order chi connectivity index (χ0) is 14.2. The molecule has 106 valence electrons. The summed E-state index contributed by atoms with van der Waals surface area (Å²) < 4.78 is 0. The molecule has 0 spiro atoms. The quantitative estimate of drug-likeness (QED) is 0.808. The Bertz CT molecular complexity index is 511. The van der Waals surface area contributed by atoms with Gasteiger partial charge in [-0.15, -0.1) is 0 Å². The van der Waals surface area contributed by atoms with E-state index in [2.05, 4.69) is 46.6 Å². The normalized spacial score (nSPS) is 10.6. The van der Waals surface area contributed by atoms with Crippen molar-refractivity contribution in [1.82, 2.24) is 9.97 Å². The van der Waals surface area contributed by atoms with Crippen LogP contribution in [0.1, 0.15) is 25.8 Å². The summed E-state index contributed by atoms with van der Waals surface area (Å²) >= 11 is 0. The molecule has 0 radical (unpaired) electrons. The first-order chi connectivity index (χ1) is 9.74. The van der Waals surface area contributed by atoms with Crippen molar-refractivity contribution in [3.63, 3.8) is 0 Å². The average Bonchev–Trinajstić information content (AvgIpc) is 2.46. The third-order valence-corrected chi connectivity index (χ3v) is 2.98. The summed E-state index contributed by atoms with van der Waals surface area (Å²) in [5, 5.41) is 6.56. The molecule has 0 aliphatic rings. The van der Waals surface area contributed by atoms with Crippen LogP contribution in [0.3, 0.4) is 0 Å². The van der Waals surface area contributed by atoms with Gasteiger partial charge in [-0.25, -0.2) is 4.98 Å². The molecule has 2 aromatic rings. The van der Waals surface area contributed by atoms with E-state index >= 15 is 0 Å². The summed E-state index contributed by atoms with van der Waals surface area (Å²) in [5.41, 5.74) is 1.22. The molecule has 2 rings (SSSR count). The van der Waals surface area contributed by atoms with Crippen LogP contribution in [-0.2, 0) is 6.54 Å². The lowest BCUT2D eigenvalue weighted by molar-refractivity contribution is 0.606. The number of anilines is 2. The van der Waals surface area contributed by atoms with Crippen LogP contribution in [0.4, 0.5) is 11.8 Å². The van der Waals surface area contributed by atoms with Crippen LogP contribution in [0.5, 0.6) is 0 Å². The fourth-order valence-electron chi connectivity index (χ4n) is 1.81. The number of aromatic nitrogens is 2. The van der Waals surface area contributed by atoms with Crippen molar-refractivity contribution in [1.29, 1.82) is 0 Å². The minimum atomic E-state index is 0.656. The van der Waals surface area contributed by atoms with Crippen LogP contribution in [-0.4, -0.2) is 16.5 Å². The minimum Gasteiger partial charge on any atom is -0.370 e. The van der Waals surface area contributed by atoms with Gasteiger partial charge in [-0.3, -0.25) is 0 Å². The molecule has 0 saturated heterocycles. The molecule has 1 aromatic heterocycles. The molecule has 1 heterocycles. The Morgan fingerprint density at radius 3 is 2.60 bits per heavy atom.